The molecule has 1 aliphatic heterocycles. The van der Waals surface area contributed by atoms with Crippen molar-refractivity contribution in [3.63, 3.8) is 0 Å². The first kappa shape index (κ1) is 26.8. The second-order valence-electron chi connectivity index (χ2n) is 11.4. The van der Waals surface area contributed by atoms with Crippen LogP contribution >= 0.6 is 0 Å². The summed E-state index contributed by atoms with van der Waals surface area (Å²) in [5, 5.41) is 9.87. The molecule has 2 heterocycles. The highest BCUT2D eigenvalue weighted by Crippen LogP contribution is 2.46. The lowest BCUT2D eigenvalue weighted by Gasteiger charge is -2.29. The summed E-state index contributed by atoms with van der Waals surface area (Å²) in [7, 11) is 0. The predicted octanol–water partition coefficient (Wildman–Crippen LogP) is 6.31. The number of carbonyl (C=O) groups is 2. The monoisotopic (exact) mass is 538 g/mol. The highest BCUT2D eigenvalue weighted by atomic mass is 19.3. The molecule has 0 spiro atoms. The number of halogens is 2. The van der Waals surface area contributed by atoms with E-state index in [-0.39, 0.29) is 46.6 Å². The van der Waals surface area contributed by atoms with Crippen LogP contribution in [-0.4, -0.2) is 33.1 Å². The predicted molar refractivity (Wildman–Crippen MR) is 143 cm³/mol. The largest absolute Gasteiger partial charge is 0.477 e. The minimum Gasteiger partial charge on any atom is -0.477 e. The first-order chi connectivity index (χ1) is 18.3. The summed E-state index contributed by atoms with van der Waals surface area (Å²) < 4.78 is 34.6. The van der Waals surface area contributed by atoms with Crippen LogP contribution in [0.1, 0.15) is 86.7 Å². The minimum atomic E-state index is -3.16. The van der Waals surface area contributed by atoms with Gasteiger partial charge < -0.3 is 19.3 Å². The third-order valence-corrected chi connectivity index (χ3v) is 7.71. The van der Waals surface area contributed by atoms with Gasteiger partial charge in [-0.25, -0.2) is 4.79 Å². The smallest absolute Gasteiger partial charge is 0.387 e. The van der Waals surface area contributed by atoms with Gasteiger partial charge in [0.25, 0.3) is 0 Å². The van der Waals surface area contributed by atoms with E-state index in [9.17, 15) is 28.3 Å². The van der Waals surface area contributed by atoms with Crippen molar-refractivity contribution in [2.45, 2.75) is 79.1 Å². The number of carboxylic acids is 1. The number of fused-ring (bicyclic) bond motifs is 2. The van der Waals surface area contributed by atoms with E-state index >= 15 is 0 Å². The van der Waals surface area contributed by atoms with Crippen molar-refractivity contribution < 1.29 is 28.2 Å². The Balaban J connectivity index is 1.74. The van der Waals surface area contributed by atoms with Crippen molar-refractivity contribution >= 4 is 22.8 Å². The van der Waals surface area contributed by atoms with Gasteiger partial charge in [-0.1, -0.05) is 39.8 Å². The average Bonchev–Trinajstić information content (AvgIpc) is 3.65. The zero-order valence-corrected chi connectivity index (χ0v) is 22.7. The molecule has 0 unspecified atom stereocenters. The summed E-state index contributed by atoms with van der Waals surface area (Å²) >= 11 is 0. The fraction of sp³-hybridized carbons (Fsp3) is 0.433. The Hall–Kier alpha value is -3.75. The van der Waals surface area contributed by atoms with E-state index in [1.807, 2.05) is 50.8 Å². The number of rotatable bonds is 6. The van der Waals surface area contributed by atoms with Gasteiger partial charge in [0.1, 0.15) is 5.56 Å². The van der Waals surface area contributed by atoms with Crippen molar-refractivity contribution in [1.82, 2.24) is 9.47 Å². The maximum atomic E-state index is 13.9. The molecule has 1 saturated carbocycles. The molecule has 3 aromatic rings. The number of carboxylic acid groups (broad SMARTS) is 1. The highest BCUT2D eigenvalue weighted by Gasteiger charge is 2.37. The van der Waals surface area contributed by atoms with E-state index in [1.165, 1.54) is 12.1 Å². The second kappa shape index (κ2) is 9.47. The van der Waals surface area contributed by atoms with Gasteiger partial charge in [-0.3, -0.25) is 9.59 Å². The number of hydrogen-bond donors (Lipinski definition) is 1. The standard InChI is InChI=1S/C30H32F2N2O5/c1-6-22-23(27(36)37)25(35)21-12-11-20(26(39-29(31)32)24(21)34(22)18-8-9-18)16-7-10-19-15(2)33(14-17(19)13-16)28(38)30(3,4)5/h7,10-13,15,18,29H,6,8-9,14H2,1-5H3,(H,36,37)/t15-/m1/s1. The highest BCUT2D eigenvalue weighted by molar-refractivity contribution is 5.99. The van der Waals surface area contributed by atoms with Gasteiger partial charge in [-0.2, -0.15) is 8.78 Å². The van der Waals surface area contributed by atoms with Crippen LogP contribution in [0.25, 0.3) is 22.0 Å². The Kier molecular flexibility index (Phi) is 6.51. The number of aromatic carboxylic acids is 1. The van der Waals surface area contributed by atoms with Gasteiger partial charge in [-0.15, -0.1) is 0 Å². The van der Waals surface area contributed by atoms with Gasteiger partial charge >= 0.3 is 12.6 Å². The van der Waals surface area contributed by atoms with Gasteiger partial charge in [-0.05, 0) is 61.1 Å². The van der Waals surface area contributed by atoms with E-state index in [0.717, 1.165) is 24.0 Å². The number of aromatic nitrogens is 1. The summed E-state index contributed by atoms with van der Waals surface area (Å²) in [6, 6.07) is 8.40. The van der Waals surface area contributed by atoms with Crippen molar-refractivity contribution in [3.8, 4) is 16.9 Å². The molecular formula is C30H32F2N2O5. The Labute approximate surface area is 225 Å². The van der Waals surface area contributed by atoms with E-state index in [1.54, 1.807) is 11.5 Å². The van der Waals surface area contributed by atoms with Crippen molar-refractivity contribution in [2.75, 3.05) is 0 Å². The molecule has 39 heavy (non-hydrogen) atoms. The maximum absolute atomic E-state index is 13.9. The van der Waals surface area contributed by atoms with Crippen LogP contribution in [0.15, 0.2) is 35.1 Å². The van der Waals surface area contributed by atoms with E-state index in [4.69, 9.17) is 4.74 Å². The molecule has 1 amide bonds. The van der Waals surface area contributed by atoms with Gasteiger partial charge in [0.05, 0.1) is 16.9 Å². The lowest BCUT2D eigenvalue weighted by atomic mass is 9.94. The van der Waals surface area contributed by atoms with Gasteiger partial charge in [0.2, 0.25) is 11.3 Å². The number of hydrogen-bond acceptors (Lipinski definition) is 4. The molecule has 1 atom stereocenters. The molecule has 1 N–H and O–H groups in total. The van der Waals surface area contributed by atoms with Crippen LogP contribution in [0.4, 0.5) is 8.78 Å². The first-order valence-corrected chi connectivity index (χ1v) is 13.2. The molecule has 0 bridgehead atoms. The second-order valence-corrected chi connectivity index (χ2v) is 11.4. The molecule has 9 heteroatoms. The lowest BCUT2D eigenvalue weighted by Crippen LogP contribution is -2.37. The Morgan fingerprint density at radius 2 is 1.85 bits per heavy atom. The Bertz CT molecular complexity index is 1570. The molecule has 0 radical (unpaired) electrons. The number of benzene rings is 2. The molecule has 2 aliphatic rings. The normalized spacial score (nSPS) is 17.1. The number of alkyl halides is 2. The topological polar surface area (TPSA) is 88.8 Å². The van der Waals surface area contributed by atoms with E-state index in [2.05, 4.69) is 0 Å². The summed E-state index contributed by atoms with van der Waals surface area (Å²) in [4.78, 5) is 40.3. The van der Waals surface area contributed by atoms with Crippen LogP contribution < -0.4 is 10.2 Å². The molecule has 7 nitrogen and oxygen atoms in total. The average molecular weight is 539 g/mol. The lowest BCUT2D eigenvalue weighted by molar-refractivity contribution is -0.141. The molecule has 1 aliphatic carbocycles. The number of carbonyl (C=O) groups excluding carboxylic acids is 1. The van der Waals surface area contributed by atoms with Crippen LogP contribution in [-0.2, 0) is 17.8 Å². The summed E-state index contributed by atoms with van der Waals surface area (Å²) in [6.07, 6.45) is 1.74. The first-order valence-electron chi connectivity index (χ1n) is 13.2. The molecule has 206 valence electrons. The molecule has 1 fully saturated rings. The number of ether oxygens (including phenoxy) is 1. The number of pyridine rings is 1. The third kappa shape index (κ3) is 4.47. The summed E-state index contributed by atoms with van der Waals surface area (Å²) in [5.74, 6) is -1.46. The molecule has 1 aromatic heterocycles. The maximum Gasteiger partial charge on any atom is 0.387 e. The van der Waals surface area contributed by atoms with Crippen LogP contribution in [0, 0.1) is 5.41 Å². The Morgan fingerprint density at radius 3 is 2.41 bits per heavy atom. The van der Waals surface area contributed by atoms with Crippen molar-refractivity contribution in [3.05, 3.63) is 62.9 Å². The third-order valence-electron chi connectivity index (χ3n) is 7.71. The van der Waals surface area contributed by atoms with Crippen molar-refractivity contribution in [2.24, 2.45) is 5.41 Å². The fourth-order valence-electron chi connectivity index (χ4n) is 5.74. The van der Waals surface area contributed by atoms with E-state index in [0.29, 0.717) is 23.4 Å². The summed E-state index contributed by atoms with van der Waals surface area (Å²) in [6.45, 7) is 6.58. The van der Waals surface area contributed by atoms with Gasteiger partial charge in [0.15, 0.2) is 5.75 Å². The molecular weight excluding hydrogens is 506 g/mol. The molecule has 2 aromatic carbocycles. The molecule has 5 rings (SSSR count). The van der Waals surface area contributed by atoms with Gasteiger partial charge in [0, 0.05) is 29.3 Å². The fourth-order valence-corrected chi connectivity index (χ4v) is 5.74. The van der Waals surface area contributed by atoms with Crippen LogP contribution in [0.3, 0.4) is 0 Å². The quantitative estimate of drug-likeness (QED) is 0.397. The zero-order valence-electron chi connectivity index (χ0n) is 22.7. The SMILES string of the molecule is CCc1c(C(=O)O)c(=O)c2ccc(-c3ccc4c(c3)CN(C(=O)C(C)(C)C)[C@@H]4C)c(OC(F)F)c2n1C1CC1. The number of nitrogens with zero attached hydrogens (tertiary/aromatic N) is 2. The van der Waals surface area contributed by atoms with E-state index < -0.39 is 23.4 Å². The summed E-state index contributed by atoms with van der Waals surface area (Å²) in [5.41, 5.74) is 1.79. The number of amides is 1. The molecule has 0 saturated heterocycles. The van der Waals surface area contributed by atoms with Crippen LogP contribution in [0.5, 0.6) is 5.75 Å². The van der Waals surface area contributed by atoms with Crippen molar-refractivity contribution in [1.29, 1.82) is 0 Å². The van der Waals surface area contributed by atoms with Crippen LogP contribution in [0.2, 0.25) is 0 Å². The zero-order chi connectivity index (χ0) is 28.4. The Morgan fingerprint density at radius 1 is 1.15 bits per heavy atom. The minimum absolute atomic E-state index is 0.0231.